The molecule has 0 bridgehead atoms. The minimum Gasteiger partial charge on any atom is -0.387 e. The molecule has 4 heterocycles. The molecule has 1 aromatic carbocycles. The van der Waals surface area contributed by atoms with Crippen molar-refractivity contribution < 1.29 is 48.6 Å². The van der Waals surface area contributed by atoms with Crippen molar-refractivity contribution in [2.75, 3.05) is 34.8 Å². The molecule has 2 amide bonds. The van der Waals surface area contributed by atoms with E-state index in [1.165, 1.54) is 7.11 Å². The molecule has 3 saturated heterocycles. The van der Waals surface area contributed by atoms with E-state index in [1.807, 2.05) is 39.8 Å². The van der Waals surface area contributed by atoms with Crippen molar-refractivity contribution in [2.24, 2.45) is 17.8 Å². The third-order valence-electron chi connectivity index (χ3n) is 12.6. The van der Waals surface area contributed by atoms with Crippen molar-refractivity contribution in [1.29, 1.82) is 5.26 Å². The summed E-state index contributed by atoms with van der Waals surface area (Å²) in [6.07, 6.45) is -6.06. The fourth-order valence-corrected chi connectivity index (χ4v) is 9.19. The molecule has 0 aliphatic carbocycles. The van der Waals surface area contributed by atoms with Gasteiger partial charge in [-0.25, -0.2) is 0 Å². The van der Waals surface area contributed by atoms with Gasteiger partial charge in [-0.1, -0.05) is 26.7 Å². The summed E-state index contributed by atoms with van der Waals surface area (Å²) in [5.74, 6) is 3.73. The highest BCUT2D eigenvalue weighted by Gasteiger charge is 2.51. The zero-order valence-corrected chi connectivity index (χ0v) is 37.0. The number of rotatable bonds is 7. The van der Waals surface area contributed by atoms with Gasteiger partial charge in [0, 0.05) is 63.4 Å². The molecule has 5 rings (SSSR count). The number of methoxy groups -OCH3 is 1. The first-order valence-corrected chi connectivity index (χ1v) is 21.0. The van der Waals surface area contributed by atoms with E-state index in [0.717, 1.165) is 5.39 Å². The van der Waals surface area contributed by atoms with Gasteiger partial charge < -0.3 is 54.1 Å². The maximum absolute atomic E-state index is 14.5. The van der Waals surface area contributed by atoms with Gasteiger partial charge in [0.1, 0.15) is 17.9 Å². The van der Waals surface area contributed by atoms with Gasteiger partial charge in [-0.2, -0.15) is 10.4 Å². The second kappa shape index (κ2) is 19.6. The fourth-order valence-electron chi connectivity index (χ4n) is 9.19. The van der Waals surface area contributed by atoms with E-state index in [-0.39, 0.29) is 49.7 Å². The van der Waals surface area contributed by atoms with Crippen molar-refractivity contribution >= 4 is 22.7 Å². The summed E-state index contributed by atoms with van der Waals surface area (Å²) in [7, 11) is 6.98. The largest absolute Gasteiger partial charge is 0.387 e. The number of benzene rings is 1. The molecule has 60 heavy (non-hydrogen) atoms. The number of nitrogens with zero attached hydrogens (tertiary/aromatic N) is 4. The monoisotopic (exact) mass is 838 g/mol. The fraction of sp³-hybridized carbons (Fsp3) is 0.727. The molecular formula is C44H66N6O10. The molecule has 16 nitrogen and oxygen atoms in total. The Bertz CT molecular complexity index is 1910. The van der Waals surface area contributed by atoms with Gasteiger partial charge >= 0.3 is 0 Å². The van der Waals surface area contributed by atoms with E-state index in [9.17, 15) is 30.2 Å². The lowest BCUT2D eigenvalue weighted by Crippen LogP contribution is -2.61. The molecule has 3 aliphatic rings. The second-order valence-corrected chi connectivity index (χ2v) is 18.1. The van der Waals surface area contributed by atoms with Crippen LogP contribution < -0.4 is 5.32 Å². The van der Waals surface area contributed by atoms with Crippen molar-refractivity contribution in [2.45, 2.75) is 153 Å². The number of aromatic nitrogens is 2. The Kier molecular flexibility index (Phi) is 15.5. The molecule has 0 radical (unpaired) electrons. The molecule has 0 unspecified atom stereocenters. The number of ether oxygens (including phenoxy) is 5. The lowest BCUT2D eigenvalue weighted by Gasteiger charge is -2.49. The first-order chi connectivity index (χ1) is 28.2. The highest BCUT2D eigenvalue weighted by molar-refractivity contribution is 5.85. The first kappa shape index (κ1) is 47.4. The molecule has 1 aromatic heterocycles. The smallest absolute Gasteiger partial charge is 0.225 e. The molecule has 2 aromatic rings. The number of hydrogen-bond acceptors (Lipinski definition) is 13. The van der Waals surface area contributed by atoms with Crippen molar-refractivity contribution in [3.63, 3.8) is 0 Å². The third kappa shape index (κ3) is 10.8. The predicted octanol–water partition coefficient (Wildman–Crippen LogP) is 2.67. The van der Waals surface area contributed by atoms with Crippen LogP contribution in [-0.2, 0) is 33.3 Å². The van der Waals surface area contributed by atoms with Crippen molar-refractivity contribution in [3.05, 3.63) is 29.5 Å². The molecular weight excluding hydrogens is 773 g/mol. The predicted molar refractivity (Wildman–Crippen MR) is 222 cm³/mol. The Hall–Kier alpha value is -3.68. The van der Waals surface area contributed by atoms with Crippen LogP contribution in [0.1, 0.15) is 91.8 Å². The number of H-pyrrole nitrogens is 1. The molecule has 0 saturated carbocycles. The molecule has 0 spiro atoms. The van der Waals surface area contributed by atoms with E-state index in [1.54, 1.807) is 57.8 Å². The summed E-state index contributed by atoms with van der Waals surface area (Å²) in [5.41, 5.74) is -0.992. The zero-order valence-electron chi connectivity index (χ0n) is 37.0. The van der Waals surface area contributed by atoms with Crippen LogP contribution >= 0.6 is 0 Å². The lowest BCUT2D eigenvalue weighted by atomic mass is 9.77. The highest BCUT2D eigenvalue weighted by atomic mass is 16.7. The Morgan fingerprint density at radius 2 is 1.80 bits per heavy atom. The number of nitrogens with one attached hydrogen (secondary N) is 2. The molecule has 3 fully saturated rings. The quantitative estimate of drug-likeness (QED) is 0.254. The van der Waals surface area contributed by atoms with E-state index < -0.39 is 78.1 Å². The van der Waals surface area contributed by atoms with Gasteiger partial charge in [0.05, 0.1) is 58.7 Å². The van der Waals surface area contributed by atoms with Gasteiger partial charge in [-0.15, -0.1) is 0 Å². The normalized spacial score (nSPS) is 38.8. The van der Waals surface area contributed by atoms with Crippen LogP contribution in [-0.4, -0.2) is 154 Å². The minimum atomic E-state index is -1.58. The van der Waals surface area contributed by atoms with Crippen LogP contribution in [0.15, 0.2) is 18.2 Å². The number of carbonyl (C=O) groups excluding carboxylic acids is 2. The van der Waals surface area contributed by atoms with Gasteiger partial charge in [-0.3, -0.25) is 14.7 Å². The molecule has 5 N–H and O–H groups in total. The first-order valence-electron chi connectivity index (χ1n) is 21.0. The number of aromatic amines is 1. The van der Waals surface area contributed by atoms with Gasteiger partial charge in [0.15, 0.2) is 12.6 Å². The van der Waals surface area contributed by atoms with Gasteiger partial charge in [0.2, 0.25) is 11.8 Å². The minimum absolute atomic E-state index is 0.0374. The molecule has 332 valence electrons. The standard InChI is InChI=1S/C44H66N6O10/c1-24-20-43(6,55)40(60-42-37(52)34(49(8)9)17-25(2)57-42)26(3)38(59-36-21-44(7,56-11)39(53)28(5)58-36)27(4)41(54)46-30(19-35(51)50(10)23-24)13-12-14-32-31-16-15-29(22-45)18-33(31)48-47-32/h15-16,18,24-28,30,34,36-40,42,52-53,55H,13,17,19-21,23H2,1-11H3,(H,46,54)(H,47,48)/t24-,25-,26+,27-,28+,30-,34+,36+,37-,38+,39+,40-,42+,43-,44-/m1/s1. The number of aliphatic hydroxyl groups excluding tert-OH is 2. The van der Waals surface area contributed by atoms with Crippen LogP contribution in [0.25, 0.3) is 10.9 Å². The number of likely N-dealkylation sites (N-methyl/N-ethyl adjacent to an activating group) is 1. The number of hydrogen-bond donors (Lipinski definition) is 5. The molecule has 16 heteroatoms. The van der Waals surface area contributed by atoms with Crippen LogP contribution in [0.3, 0.4) is 0 Å². The van der Waals surface area contributed by atoms with Crippen molar-refractivity contribution in [1.82, 2.24) is 25.3 Å². The van der Waals surface area contributed by atoms with E-state index >= 15 is 0 Å². The van der Waals surface area contributed by atoms with Gasteiger partial charge in [-0.05, 0) is 84.7 Å². The Labute approximate surface area is 354 Å². The Morgan fingerprint density at radius 3 is 2.47 bits per heavy atom. The third-order valence-corrected chi connectivity index (χ3v) is 12.6. The Morgan fingerprint density at radius 1 is 1.08 bits per heavy atom. The SMILES string of the molecule is CO[C@]1(C)C[C@H](O[C@H]2[C@H](C)[C@@H](O[C@@H]3O[C@H](C)C[C@H](N(C)C)[C@H]3O)[C@](C)(O)C[C@@H](C)CN(C)C(=O)C[C@@H](CC#Cc3[nH]nc4cc(C#N)ccc34)NC(=O)[C@@H]2C)O[C@@H](C)[C@@H]1O. The molecule has 15 atom stereocenters. The summed E-state index contributed by atoms with van der Waals surface area (Å²) < 4.78 is 31.7. The van der Waals surface area contributed by atoms with Crippen LogP contribution in [0, 0.1) is 40.9 Å². The Balaban J connectivity index is 1.52. The zero-order chi connectivity index (χ0) is 44.3. The number of amides is 2. The number of fused-ring (bicyclic) bond motifs is 1. The average molecular weight is 839 g/mol. The van der Waals surface area contributed by atoms with E-state index in [0.29, 0.717) is 29.7 Å². The summed E-state index contributed by atoms with van der Waals surface area (Å²) in [5, 5.41) is 55.4. The maximum Gasteiger partial charge on any atom is 0.225 e. The molecule has 3 aliphatic heterocycles. The van der Waals surface area contributed by atoms with Crippen LogP contribution in [0.2, 0.25) is 0 Å². The summed E-state index contributed by atoms with van der Waals surface area (Å²) in [6, 6.07) is 6.26. The number of aliphatic hydroxyl groups is 3. The van der Waals surface area contributed by atoms with Crippen LogP contribution in [0.5, 0.6) is 0 Å². The van der Waals surface area contributed by atoms with Gasteiger partial charge in [0.25, 0.3) is 0 Å². The van der Waals surface area contributed by atoms with E-state index in [4.69, 9.17) is 23.7 Å². The second-order valence-electron chi connectivity index (χ2n) is 18.1. The summed E-state index contributed by atoms with van der Waals surface area (Å²) in [6.45, 7) is 12.9. The number of nitriles is 1. The van der Waals surface area contributed by atoms with Crippen molar-refractivity contribution in [3.8, 4) is 17.9 Å². The topological polar surface area (TPSA) is 212 Å². The maximum atomic E-state index is 14.5. The number of carbonyl (C=O) groups is 2. The van der Waals surface area contributed by atoms with Crippen LogP contribution in [0.4, 0.5) is 0 Å². The summed E-state index contributed by atoms with van der Waals surface area (Å²) >= 11 is 0. The van der Waals surface area contributed by atoms with E-state index in [2.05, 4.69) is 33.4 Å². The highest BCUT2D eigenvalue weighted by Crippen LogP contribution is 2.39. The summed E-state index contributed by atoms with van der Waals surface area (Å²) in [4.78, 5) is 31.9. The lowest BCUT2D eigenvalue weighted by molar-refractivity contribution is -0.317. The average Bonchev–Trinajstić information content (AvgIpc) is 3.59.